The number of aliphatic hydroxyl groups is 1. The fourth-order valence-corrected chi connectivity index (χ4v) is 4.03. The van der Waals surface area contributed by atoms with Gasteiger partial charge in [-0.2, -0.15) is 0 Å². The summed E-state index contributed by atoms with van der Waals surface area (Å²) >= 11 is 0. The number of benzene rings is 2. The predicted molar refractivity (Wildman–Crippen MR) is 82.2 cm³/mol. The minimum Gasteiger partial charge on any atom is -0.393 e. The van der Waals surface area contributed by atoms with Crippen LogP contribution in [0.2, 0.25) is 0 Å². The fraction of sp³-hybridized carbons (Fsp3) is 0.389. The molecule has 2 aliphatic rings. The number of aliphatic hydroxyl groups excluding tert-OH is 1. The molecule has 2 saturated heterocycles. The highest BCUT2D eigenvalue weighted by Crippen LogP contribution is 2.37. The topological polar surface area (TPSA) is 40.5 Å². The molecule has 2 heterocycles. The van der Waals surface area contributed by atoms with Crippen LogP contribution >= 0.6 is 0 Å². The SMILES string of the molecule is O=C(c1cccc2ccccc12)N1C2CCC1CC(O)C2. The highest BCUT2D eigenvalue weighted by molar-refractivity contribution is 6.07. The third-order valence-corrected chi connectivity index (χ3v) is 4.96. The average molecular weight is 281 g/mol. The summed E-state index contributed by atoms with van der Waals surface area (Å²) in [6.07, 6.45) is 3.27. The van der Waals surface area contributed by atoms with Crippen LogP contribution in [0.4, 0.5) is 0 Å². The number of nitrogens with zero attached hydrogens (tertiary/aromatic N) is 1. The van der Waals surface area contributed by atoms with Gasteiger partial charge < -0.3 is 10.0 Å². The van der Waals surface area contributed by atoms with Gasteiger partial charge in [0.2, 0.25) is 0 Å². The van der Waals surface area contributed by atoms with Crippen molar-refractivity contribution in [3.63, 3.8) is 0 Å². The predicted octanol–water partition coefficient (Wildman–Crippen LogP) is 2.97. The van der Waals surface area contributed by atoms with Gasteiger partial charge in [0, 0.05) is 17.6 Å². The summed E-state index contributed by atoms with van der Waals surface area (Å²) in [4.78, 5) is 15.1. The van der Waals surface area contributed by atoms with Crippen molar-refractivity contribution in [3.05, 3.63) is 48.0 Å². The second-order valence-corrected chi connectivity index (χ2v) is 6.25. The molecule has 3 nitrogen and oxygen atoms in total. The second-order valence-electron chi connectivity index (χ2n) is 6.25. The van der Waals surface area contributed by atoms with Crippen molar-refractivity contribution in [1.82, 2.24) is 4.90 Å². The van der Waals surface area contributed by atoms with Gasteiger partial charge in [-0.1, -0.05) is 36.4 Å². The van der Waals surface area contributed by atoms with Crippen molar-refractivity contribution in [2.45, 2.75) is 43.9 Å². The van der Waals surface area contributed by atoms with Crippen LogP contribution in [-0.4, -0.2) is 34.1 Å². The van der Waals surface area contributed by atoms with Gasteiger partial charge in [-0.05, 0) is 42.5 Å². The van der Waals surface area contributed by atoms with Crippen LogP contribution in [0.1, 0.15) is 36.0 Å². The maximum absolute atomic E-state index is 13.0. The van der Waals surface area contributed by atoms with Crippen LogP contribution < -0.4 is 0 Å². The first-order valence-corrected chi connectivity index (χ1v) is 7.72. The van der Waals surface area contributed by atoms with E-state index in [4.69, 9.17) is 0 Å². The average Bonchev–Trinajstić information content (AvgIpc) is 2.78. The van der Waals surface area contributed by atoms with Crippen molar-refractivity contribution in [2.24, 2.45) is 0 Å². The van der Waals surface area contributed by atoms with Gasteiger partial charge in [-0.15, -0.1) is 0 Å². The van der Waals surface area contributed by atoms with E-state index in [0.717, 1.165) is 42.0 Å². The molecule has 3 heteroatoms. The molecule has 2 aliphatic heterocycles. The van der Waals surface area contributed by atoms with Gasteiger partial charge >= 0.3 is 0 Å². The molecule has 2 fully saturated rings. The van der Waals surface area contributed by atoms with E-state index < -0.39 is 0 Å². The molecule has 2 atom stereocenters. The molecule has 0 saturated carbocycles. The Morgan fingerprint density at radius 2 is 1.67 bits per heavy atom. The Kier molecular flexibility index (Phi) is 2.96. The molecule has 108 valence electrons. The molecule has 0 aromatic heterocycles. The lowest BCUT2D eigenvalue weighted by atomic mass is 9.97. The molecule has 4 rings (SSSR count). The normalized spacial score (nSPS) is 28.0. The zero-order chi connectivity index (χ0) is 14.4. The van der Waals surface area contributed by atoms with Gasteiger partial charge in [0.25, 0.3) is 5.91 Å². The number of hydrogen-bond donors (Lipinski definition) is 1. The Labute approximate surface area is 124 Å². The lowest BCUT2D eigenvalue weighted by Crippen LogP contribution is -2.48. The van der Waals surface area contributed by atoms with Crippen molar-refractivity contribution in [2.75, 3.05) is 0 Å². The summed E-state index contributed by atoms with van der Waals surface area (Å²) in [7, 11) is 0. The van der Waals surface area contributed by atoms with Gasteiger partial charge in [0.05, 0.1) is 6.10 Å². The Bertz CT molecular complexity index is 677. The molecule has 0 aliphatic carbocycles. The summed E-state index contributed by atoms with van der Waals surface area (Å²) < 4.78 is 0. The summed E-state index contributed by atoms with van der Waals surface area (Å²) in [6.45, 7) is 0. The zero-order valence-corrected chi connectivity index (χ0v) is 11.9. The van der Waals surface area contributed by atoms with Crippen LogP contribution in [0, 0.1) is 0 Å². The maximum atomic E-state index is 13.0. The van der Waals surface area contributed by atoms with E-state index >= 15 is 0 Å². The first-order valence-electron chi connectivity index (χ1n) is 7.72. The molecule has 2 aromatic carbocycles. The van der Waals surface area contributed by atoms with Gasteiger partial charge in [-0.25, -0.2) is 0 Å². The highest BCUT2D eigenvalue weighted by atomic mass is 16.3. The number of carbonyl (C=O) groups is 1. The van der Waals surface area contributed by atoms with Crippen LogP contribution in [0.15, 0.2) is 42.5 Å². The zero-order valence-electron chi connectivity index (χ0n) is 11.9. The first kappa shape index (κ1) is 12.8. The Morgan fingerprint density at radius 1 is 1.00 bits per heavy atom. The lowest BCUT2D eigenvalue weighted by molar-refractivity contribution is 0.0288. The smallest absolute Gasteiger partial charge is 0.254 e. The summed E-state index contributed by atoms with van der Waals surface area (Å²) in [5.41, 5.74) is 0.793. The third-order valence-electron chi connectivity index (χ3n) is 4.96. The number of piperidine rings is 1. The van der Waals surface area contributed by atoms with Crippen LogP contribution in [0.5, 0.6) is 0 Å². The molecular weight excluding hydrogens is 262 g/mol. The molecule has 0 radical (unpaired) electrons. The Morgan fingerprint density at radius 3 is 2.43 bits per heavy atom. The molecule has 2 bridgehead atoms. The minimum absolute atomic E-state index is 0.131. The van der Waals surface area contributed by atoms with Gasteiger partial charge in [-0.3, -0.25) is 4.79 Å². The number of amides is 1. The second kappa shape index (κ2) is 4.85. The number of carbonyl (C=O) groups excluding carboxylic acids is 1. The van der Waals surface area contributed by atoms with E-state index in [1.54, 1.807) is 0 Å². The van der Waals surface area contributed by atoms with Crippen LogP contribution in [0.25, 0.3) is 10.8 Å². The van der Waals surface area contributed by atoms with Crippen LogP contribution in [-0.2, 0) is 0 Å². The van der Waals surface area contributed by atoms with Crippen molar-refractivity contribution < 1.29 is 9.90 Å². The quantitative estimate of drug-likeness (QED) is 0.873. The number of hydrogen-bond acceptors (Lipinski definition) is 2. The molecule has 21 heavy (non-hydrogen) atoms. The highest BCUT2D eigenvalue weighted by Gasteiger charge is 2.43. The summed E-state index contributed by atoms with van der Waals surface area (Å²) in [5.74, 6) is 0.131. The molecule has 2 aromatic rings. The molecule has 1 amide bonds. The van der Waals surface area contributed by atoms with Crippen molar-refractivity contribution >= 4 is 16.7 Å². The van der Waals surface area contributed by atoms with E-state index in [2.05, 4.69) is 0 Å². The molecular formula is C18H19NO2. The summed E-state index contributed by atoms with van der Waals surface area (Å²) in [5, 5.41) is 12.0. The molecule has 1 N–H and O–H groups in total. The Hall–Kier alpha value is -1.87. The van der Waals surface area contributed by atoms with E-state index in [1.807, 2.05) is 47.4 Å². The monoisotopic (exact) mass is 281 g/mol. The number of fused-ring (bicyclic) bond motifs is 3. The van der Waals surface area contributed by atoms with E-state index in [-0.39, 0.29) is 24.1 Å². The fourth-order valence-electron chi connectivity index (χ4n) is 4.03. The molecule has 2 unspecified atom stereocenters. The number of rotatable bonds is 1. The third kappa shape index (κ3) is 2.04. The minimum atomic E-state index is -0.237. The maximum Gasteiger partial charge on any atom is 0.254 e. The Balaban J connectivity index is 1.74. The van der Waals surface area contributed by atoms with E-state index in [1.165, 1.54) is 0 Å². The molecule has 0 spiro atoms. The van der Waals surface area contributed by atoms with Gasteiger partial charge in [0.15, 0.2) is 0 Å². The standard InChI is InChI=1S/C18H19NO2/c20-15-10-13-8-9-14(11-15)19(13)18(21)17-7-3-5-12-4-1-2-6-16(12)17/h1-7,13-15,20H,8-11H2. The van der Waals surface area contributed by atoms with E-state index in [9.17, 15) is 9.90 Å². The summed E-state index contributed by atoms with van der Waals surface area (Å²) in [6, 6.07) is 14.4. The van der Waals surface area contributed by atoms with Crippen LogP contribution in [0.3, 0.4) is 0 Å². The van der Waals surface area contributed by atoms with Gasteiger partial charge in [0.1, 0.15) is 0 Å². The van der Waals surface area contributed by atoms with Crippen molar-refractivity contribution in [1.29, 1.82) is 0 Å². The first-order chi connectivity index (χ1) is 10.2. The van der Waals surface area contributed by atoms with Crippen molar-refractivity contribution in [3.8, 4) is 0 Å². The lowest BCUT2D eigenvalue weighted by Gasteiger charge is -2.37. The van der Waals surface area contributed by atoms with E-state index in [0.29, 0.717) is 0 Å². The largest absolute Gasteiger partial charge is 0.393 e.